The molecule has 0 aliphatic rings. The van der Waals surface area contributed by atoms with Gasteiger partial charge in [-0.3, -0.25) is 4.79 Å². The molecule has 0 saturated carbocycles. The second-order valence-electron chi connectivity index (χ2n) is 6.99. The molecular weight excluding hydrogens is 390 g/mol. The highest BCUT2D eigenvalue weighted by Gasteiger charge is 2.24. The predicted octanol–water partition coefficient (Wildman–Crippen LogP) is 4.62. The molecule has 0 radical (unpaired) electrons. The third-order valence-electron chi connectivity index (χ3n) is 4.84. The van der Waals surface area contributed by atoms with E-state index in [9.17, 15) is 18.4 Å². The van der Waals surface area contributed by atoms with E-state index in [-0.39, 0.29) is 0 Å². The fourth-order valence-corrected chi connectivity index (χ4v) is 3.14. The molecule has 1 heterocycles. The van der Waals surface area contributed by atoms with Crippen molar-refractivity contribution in [3.8, 4) is 0 Å². The molecule has 30 heavy (non-hydrogen) atoms. The first-order valence-corrected chi connectivity index (χ1v) is 9.44. The SMILES string of the molecule is Cc1cc(C(=O)O[C@@H](C)C(=O)Nc2c(F)cccc2F)c(C)n1Cc1ccccc1. The number of hydrogen-bond donors (Lipinski definition) is 1. The van der Waals surface area contributed by atoms with Crippen molar-refractivity contribution in [2.75, 3.05) is 5.32 Å². The highest BCUT2D eigenvalue weighted by Crippen LogP contribution is 2.20. The number of nitrogens with zero attached hydrogens (tertiary/aromatic N) is 1. The predicted molar refractivity (Wildman–Crippen MR) is 109 cm³/mol. The first-order valence-electron chi connectivity index (χ1n) is 9.44. The summed E-state index contributed by atoms with van der Waals surface area (Å²) >= 11 is 0. The zero-order valence-electron chi connectivity index (χ0n) is 16.9. The summed E-state index contributed by atoms with van der Waals surface area (Å²) in [5.74, 6) is -3.33. The van der Waals surface area contributed by atoms with Gasteiger partial charge < -0.3 is 14.6 Å². The van der Waals surface area contributed by atoms with Gasteiger partial charge in [0.2, 0.25) is 0 Å². The topological polar surface area (TPSA) is 60.3 Å². The van der Waals surface area contributed by atoms with Gasteiger partial charge in [-0.25, -0.2) is 13.6 Å². The van der Waals surface area contributed by atoms with Gasteiger partial charge in [0.1, 0.15) is 17.3 Å². The summed E-state index contributed by atoms with van der Waals surface area (Å²) in [6.45, 7) is 5.61. The van der Waals surface area contributed by atoms with Crippen LogP contribution in [0.15, 0.2) is 54.6 Å². The molecule has 0 aliphatic heterocycles. The van der Waals surface area contributed by atoms with Crippen LogP contribution in [-0.2, 0) is 16.1 Å². The van der Waals surface area contributed by atoms with Crippen LogP contribution in [0.2, 0.25) is 0 Å². The molecule has 0 fully saturated rings. The minimum absolute atomic E-state index is 0.333. The second-order valence-corrected chi connectivity index (χ2v) is 6.99. The van der Waals surface area contributed by atoms with Crippen LogP contribution in [0.25, 0.3) is 0 Å². The van der Waals surface area contributed by atoms with Gasteiger partial charge in [-0.1, -0.05) is 36.4 Å². The fourth-order valence-electron chi connectivity index (χ4n) is 3.14. The number of ether oxygens (including phenoxy) is 1. The Morgan fingerprint density at radius 1 is 1.03 bits per heavy atom. The number of anilines is 1. The molecule has 0 unspecified atom stereocenters. The Kier molecular flexibility index (Phi) is 6.30. The number of rotatable bonds is 6. The molecule has 7 heteroatoms. The largest absolute Gasteiger partial charge is 0.449 e. The average Bonchev–Trinajstić information content (AvgIpc) is 2.99. The van der Waals surface area contributed by atoms with E-state index in [0.29, 0.717) is 17.8 Å². The minimum Gasteiger partial charge on any atom is -0.449 e. The van der Waals surface area contributed by atoms with Crippen molar-refractivity contribution in [1.29, 1.82) is 0 Å². The smallest absolute Gasteiger partial charge is 0.340 e. The van der Waals surface area contributed by atoms with E-state index >= 15 is 0 Å². The number of benzene rings is 2. The molecule has 1 amide bonds. The molecule has 2 aromatic carbocycles. The van der Waals surface area contributed by atoms with Crippen molar-refractivity contribution < 1.29 is 23.1 Å². The second kappa shape index (κ2) is 8.90. The average molecular weight is 412 g/mol. The van der Waals surface area contributed by atoms with Gasteiger partial charge >= 0.3 is 5.97 Å². The molecule has 1 N–H and O–H groups in total. The number of esters is 1. The lowest BCUT2D eigenvalue weighted by molar-refractivity contribution is -0.123. The summed E-state index contributed by atoms with van der Waals surface area (Å²) in [6.07, 6.45) is -1.24. The molecular formula is C23H22F2N2O3. The number of hydrogen-bond acceptors (Lipinski definition) is 3. The Morgan fingerprint density at radius 3 is 2.30 bits per heavy atom. The van der Waals surface area contributed by atoms with Gasteiger partial charge in [-0.05, 0) is 44.5 Å². The zero-order chi connectivity index (χ0) is 21.8. The van der Waals surface area contributed by atoms with Crippen molar-refractivity contribution in [2.45, 2.75) is 33.4 Å². The van der Waals surface area contributed by atoms with Crippen molar-refractivity contribution in [1.82, 2.24) is 4.57 Å². The van der Waals surface area contributed by atoms with E-state index in [0.717, 1.165) is 23.4 Å². The number of carbonyl (C=O) groups is 2. The number of aromatic nitrogens is 1. The lowest BCUT2D eigenvalue weighted by Gasteiger charge is -2.14. The summed E-state index contributed by atoms with van der Waals surface area (Å²) in [7, 11) is 0. The molecule has 0 bridgehead atoms. The maximum Gasteiger partial charge on any atom is 0.340 e. The molecule has 5 nitrogen and oxygen atoms in total. The van der Waals surface area contributed by atoms with Crippen LogP contribution in [0.1, 0.15) is 34.2 Å². The van der Waals surface area contributed by atoms with Gasteiger partial charge in [0, 0.05) is 17.9 Å². The molecule has 1 aromatic heterocycles. The highest BCUT2D eigenvalue weighted by atomic mass is 19.1. The van der Waals surface area contributed by atoms with Crippen molar-refractivity contribution in [2.24, 2.45) is 0 Å². The summed E-state index contributed by atoms with van der Waals surface area (Å²) < 4.78 is 34.6. The van der Waals surface area contributed by atoms with E-state index in [1.54, 1.807) is 13.0 Å². The number of para-hydroxylation sites is 1. The lowest BCUT2D eigenvalue weighted by Crippen LogP contribution is -2.30. The number of amides is 1. The zero-order valence-corrected chi connectivity index (χ0v) is 16.9. The van der Waals surface area contributed by atoms with E-state index in [1.807, 2.05) is 41.8 Å². The third kappa shape index (κ3) is 4.56. The number of carbonyl (C=O) groups excluding carboxylic acids is 2. The summed E-state index contributed by atoms with van der Waals surface area (Å²) in [5.41, 5.74) is 2.41. The third-order valence-corrected chi connectivity index (χ3v) is 4.84. The standard InChI is InChI=1S/C23H22F2N2O3/c1-14-12-18(15(2)27(14)13-17-8-5-4-6-9-17)23(29)30-16(3)22(28)26-21-19(24)10-7-11-20(21)25/h4-12,16H,13H2,1-3H3,(H,26,28)/t16-/m0/s1. The van der Waals surface area contributed by atoms with Crippen molar-refractivity contribution >= 4 is 17.6 Å². The maximum atomic E-state index is 13.7. The van der Waals surface area contributed by atoms with Gasteiger partial charge in [-0.2, -0.15) is 0 Å². The molecule has 0 saturated heterocycles. The van der Waals surface area contributed by atoms with Crippen LogP contribution in [0.4, 0.5) is 14.5 Å². The van der Waals surface area contributed by atoms with E-state index in [2.05, 4.69) is 5.32 Å². The molecule has 156 valence electrons. The summed E-state index contributed by atoms with van der Waals surface area (Å²) in [5, 5.41) is 2.13. The Bertz CT molecular complexity index is 1060. The Balaban J connectivity index is 1.71. The summed E-state index contributed by atoms with van der Waals surface area (Å²) in [6, 6.07) is 14.7. The van der Waals surface area contributed by atoms with Gasteiger partial charge in [0.25, 0.3) is 5.91 Å². The van der Waals surface area contributed by atoms with E-state index in [4.69, 9.17) is 4.74 Å². The van der Waals surface area contributed by atoms with E-state index < -0.39 is 35.3 Å². The van der Waals surface area contributed by atoms with Crippen LogP contribution in [0.5, 0.6) is 0 Å². The van der Waals surface area contributed by atoms with Gasteiger partial charge in [-0.15, -0.1) is 0 Å². The van der Waals surface area contributed by atoms with Crippen LogP contribution in [0, 0.1) is 25.5 Å². The Hall–Kier alpha value is -3.48. The molecule has 0 spiro atoms. The Morgan fingerprint density at radius 2 is 1.67 bits per heavy atom. The fraction of sp³-hybridized carbons (Fsp3) is 0.217. The normalized spacial score (nSPS) is 11.8. The van der Waals surface area contributed by atoms with Crippen LogP contribution in [-0.4, -0.2) is 22.5 Å². The van der Waals surface area contributed by atoms with Crippen LogP contribution < -0.4 is 5.32 Å². The quantitative estimate of drug-likeness (QED) is 0.601. The minimum atomic E-state index is -1.24. The molecule has 3 rings (SSSR count). The number of nitrogens with one attached hydrogen (secondary N) is 1. The monoisotopic (exact) mass is 412 g/mol. The molecule has 3 aromatic rings. The maximum absolute atomic E-state index is 13.7. The Labute approximate surface area is 173 Å². The number of halogens is 2. The van der Waals surface area contributed by atoms with Crippen molar-refractivity contribution in [3.05, 3.63) is 88.7 Å². The highest BCUT2D eigenvalue weighted by molar-refractivity contribution is 5.98. The van der Waals surface area contributed by atoms with Crippen LogP contribution in [0.3, 0.4) is 0 Å². The lowest BCUT2D eigenvalue weighted by atomic mass is 10.2. The molecule has 0 aliphatic carbocycles. The number of aryl methyl sites for hydroxylation is 1. The first-order chi connectivity index (χ1) is 14.3. The first kappa shape index (κ1) is 21.2. The van der Waals surface area contributed by atoms with Crippen LogP contribution >= 0.6 is 0 Å². The van der Waals surface area contributed by atoms with Gasteiger partial charge in [0.15, 0.2) is 6.10 Å². The van der Waals surface area contributed by atoms with Crippen molar-refractivity contribution in [3.63, 3.8) is 0 Å². The summed E-state index contributed by atoms with van der Waals surface area (Å²) in [4.78, 5) is 24.9. The van der Waals surface area contributed by atoms with Gasteiger partial charge in [0.05, 0.1) is 5.56 Å². The van der Waals surface area contributed by atoms with E-state index in [1.165, 1.54) is 13.0 Å². The molecule has 1 atom stereocenters.